The molecule has 0 spiro atoms. The van der Waals surface area contributed by atoms with Gasteiger partial charge in [0.05, 0.1) is 28.4 Å². The van der Waals surface area contributed by atoms with E-state index in [-0.39, 0.29) is 12.0 Å². The minimum Gasteiger partial charge on any atom is -0.491 e. The Kier molecular flexibility index (Phi) is 6.27. The number of carbonyl (C=O) groups is 1. The molecule has 0 saturated heterocycles. The highest BCUT2D eigenvalue weighted by Crippen LogP contribution is 2.39. The monoisotopic (exact) mass is 481 g/mol. The smallest absolute Gasteiger partial charge is 0.257 e. The second-order valence-corrected chi connectivity index (χ2v) is 10.5. The van der Waals surface area contributed by atoms with E-state index in [2.05, 4.69) is 18.3 Å². The third kappa shape index (κ3) is 4.65. The van der Waals surface area contributed by atoms with Crippen LogP contribution in [0.1, 0.15) is 53.6 Å². The first-order valence-electron chi connectivity index (χ1n) is 12.0. The lowest BCUT2D eigenvalue weighted by Gasteiger charge is -2.17. The highest BCUT2D eigenvalue weighted by atomic mass is 32.1. The van der Waals surface area contributed by atoms with Gasteiger partial charge in [0, 0.05) is 15.8 Å². The molecule has 176 valence electrons. The Balaban J connectivity index is 1.52. The van der Waals surface area contributed by atoms with Crippen LogP contribution < -0.4 is 10.1 Å². The van der Waals surface area contributed by atoms with Crippen LogP contribution in [0.2, 0.25) is 0 Å². The number of amides is 1. The largest absolute Gasteiger partial charge is 0.491 e. The summed E-state index contributed by atoms with van der Waals surface area (Å²) in [5.41, 5.74) is 4.62. The number of ether oxygens (including phenoxy) is 1. The van der Waals surface area contributed by atoms with Gasteiger partial charge < -0.3 is 10.1 Å². The average molecular weight is 482 g/mol. The lowest BCUT2D eigenvalue weighted by atomic mass is 9.88. The summed E-state index contributed by atoms with van der Waals surface area (Å²) < 4.78 is 5.76. The van der Waals surface area contributed by atoms with Crippen molar-refractivity contribution in [1.82, 2.24) is 4.98 Å². The molecule has 1 atom stereocenters. The summed E-state index contributed by atoms with van der Waals surface area (Å²) in [4.78, 5) is 19.6. The van der Waals surface area contributed by atoms with Gasteiger partial charge in [0.1, 0.15) is 16.8 Å². The topological polar surface area (TPSA) is 75.0 Å². The molecule has 0 radical (unpaired) electrons. The fraction of sp³-hybridized carbons (Fsp3) is 0.276. The van der Waals surface area contributed by atoms with E-state index < -0.39 is 0 Å². The van der Waals surface area contributed by atoms with Crippen molar-refractivity contribution in [3.05, 3.63) is 76.2 Å². The van der Waals surface area contributed by atoms with E-state index >= 15 is 0 Å². The molecule has 2 aromatic carbocycles. The second kappa shape index (κ2) is 9.52. The summed E-state index contributed by atoms with van der Waals surface area (Å²) >= 11 is 1.54. The van der Waals surface area contributed by atoms with Gasteiger partial charge in [-0.3, -0.25) is 4.79 Å². The number of pyridine rings is 1. The average Bonchev–Trinajstić information content (AvgIpc) is 3.19. The number of para-hydroxylation sites is 1. The van der Waals surface area contributed by atoms with E-state index in [0.717, 1.165) is 47.0 Å². The zero-order valence-corrected chi connectivity index (χ0v) is 20.9. The number of benzene rings is 2. The molecule has 2 aromatic heterocycles. The fourth-order valence-electron chi connectivity index (χ4n) is 4.62. The minimum absolute atomic E-state index is 0.0966. The Morgan fingerprint density at radius 1 is 1.20 bits per heavy atom. The van der Waals surface area contributed by atoms with Crippen LogP contribution in [0.5, 0.6) is 5.75 Å². The molecule has 1 aliphatic rings. The van der Waals surface area contributed by atoms with Gasteiger partial charge in [0.15, 0.2) is 0 Å². The SMILES string of the molecule is CC1CCc2c(sc(NC(=O)c3cc(-c4ccc(OC(C)C)cc4)nc4ccccc34)c2C#N)C1. The Labute approximate surface area is 209 Å². The fourth-order valence-corrected chi connectivity index (χ4v) is 5.97. The normalized spacial score (nSPS) is 15.0. The standard InChI is InChI=1S/C29H27N3O2S/c1-17(2)34-20-11-9-19(10-12-20)26-15-23(21-6-4-5-7-25(21)31-26)28(33)32-29-24(16-30)22-13-8-18(3)14-27(22)35-29/h4-7,9-12,15,17-18H,8,13-14H2,1-3H3,(H,32,33). The van der Waals surface area contributed by atoms with Crippen LogP contribution in [0.15, 0.2) is 54.6 Å². The number of thiophene rings is 1. The summed E-state index contributed by atoms with van der Waals surface area (Å²) in [6.07, 6.45) is 3.03. The molecule has 5 nitrogen and oxygen atoms in total. The molecule has 1 aliphatic carbocycles. The Morgan fingerprint density at radius 3 is 2.71 bits per heavy atom. The third-order valence-electron chi connectivity index (χ3n) is 6.33. The van der Waals surface area contributed by atoms with E-state index in [0.29, 0.717) is 27.7 Å². The number of rotatable bonds is 5. The van der Waals surface area contributed by atoms with Gasteiger partial charge in [0.25, 0.3) is 5.91 Å². The minimum atomic E-state index is -0.229. The molecular formula is C29H27N3O2S. The second-order valence-electron chi connectivity index (χ2n) is 9.39. The molecule has 1 amide bonds. The van der Waals surface area contributed by atoms with Crippen molar-refractivity contribution in [3.63, 3.8) is 0 Å². The zero-order valence-electron chi connectivity index (χ0n) is 20.1. The Bertz CT molecular complexity index is 1450. The van der Waals surface area contributed by atoms with Crippen LogP contribution >= 0.6 is 11.3 Å². The number of carbonyl (C=O) groups excluding carboxylic acids is 1. The molecule has 2 heterocycles. The molecule has 1 N–H and O–H groups in total. The number of nitrogens with one attached hydrogen (secondary N) is 1. The first kappa shape index (κ1) is 23.1. The Hall–Kier alpha value is -3.69. The molecule has 1 unspecified atom stereocenters. The highest BCUT2D eigenvalue weighted by Gasteiger charge is 2.25. The molecular weight excluding hydrogens is 454 g/mol. The van der Waals surface area contributed by atoms with Crippen LogP contribution in [0.25, 0.3) is 22.2 Å². The molecule has 0 bridgehead atoms. The van der Waals surface area contributed by atoms with Crippen molar-refractivity contribution in [2.24, 2.45) is 5.92 Å². The molecule has 0 aliphatic heterocycles. The van der Waals surface area contributed by atoms with Crippen LogP contribution in [0.3, 0.4) is 0 Å². The van der Waals surface area contributed by atoms with Gasteiger partial charge in [-0.15, -0.1) is 11.3 Å². The van der Waals surface area contributed by atoms with Gasteiger partial charge in [0.2, 0.25) is 0 Å². The molecule has 6 heteroatoms. The van der Waals surface area contributed by atoms with Crippen molar-refractivity contribution >= 4 is 33.1 Å². The first-order valence-corrected chi connectivity index (χ1v) is 12.8. The number of fused-ring (bicyclic) bond motifs is 2. The highest BCUT2D eigenvalue weighted by molar-refractivity contribution is 7.16. The number of nitriles is 1. The van der Waals surface area contributed by atoms with E-state index in [1.165, 1.54) is 4.88 Å². The third-order valence-corrected chi connectivity index (χ3v) is 7.50. The van der Waals surface area contributed by atoms with E-state index in [4.69, 9.17) is 9.72 Å². The lowest BCUT2D eigenvalue weighted by molar-refractivity contribution is 0.102. The number of hydrogen-bond acceptors (Lipinski definition) is 5. The van der Waals surface area contributed by atoms with Crippen molar-refractivity contribution < 1.29 is 9.53 Å². The molecule has 0 saturated carbocycles. The summed E-state index contributed by atoms with van der Waals surface area (Å²) in [5, 5.41) is 14.3. The predicted octanol–water partition coefficient (Wildman–Crippen LogP) is 7.00. The zero-order chi connectivity index (χ0) is 24.5. The predicted molar refractivity (Wildman–Crippen MR) is 141 cm³/mol. The number of anilines is 1. The molecule has 35 heavy (non-hydrogen) atoms. The molecule has 5 rings (SSSR count). The van der Waals surface area contributed by atoms with Gasteiger partial charge in [-0.1, -0.05) is 25.1 Å². The van der Waals surface area contributed by atoms with E-state index in [1.54, 1.807) is 11.3 Å². The number of nitrogens with zero attached hydrogens (tertiary/aromatic N) is 2. The maximum atomic E-state index is 13.6. The van der Waals surface area contributed by atoms with Crippen LogP contribution in [0.4, 0.5) is 5.00 Å². The van der Waals surface area contributed by atoms with Crippen molar-refractivity contribution in [1.29, 1.82) is 5.26 Å². The van der Waals surface area contributed by atoms with E-state index in [9.17, 15) is 10.1 Å². The van der Waals surface area contributed by atoms with Gasteiger partial charge >= 0.3 is 0 Å². The number of hydrogen-bond donors (Lipinski definition) is 1. The van der Waals surface area contributed by atoms with Crippen molar-refractivity contribution in [2.45, 2.75) is 46.1 Å². The van der Waals surface area contributed by atoms with Gasteiger partial charge in [-0.2, -0.15) is 5.26 Å². The van der Waals surface area contributed by atoms with Crippen LogP contribution in [0, 0.1) is 17.2 Å². The maximum Gasteiger partial charge on any atom is 0.257 e. The maximum absolute atomic E-state index is 13.6. The van der Waals surface area contributed by atoms with Crippen LogP contribution in [-0.4, -0.2) is 17.0 Å². The van der Waals surface area contributed by atoms with E-state index in [1.807, 2.05) is 68.4 Å². The van der Waals surface area contributed by atoms with Crippen LogP contribution in [-0.2, 0) is 12.8 Å². The molecule has 0 fully saturated rings. The summed E-state index contributed by atoms with van der Waals surface area (Å²) in [6.45, 7) is 6.22. The summed E-state index contributed by atoms with van der Waals surface area (Å²) in [5.74, 6) is 1.16. The lowest BCUT2D eigenvalue weighted by Crippen LogP contribution is -2.13. The van der Waals surface area contributed by atoms with Crippen molar-refractivity contribution in [2.75, 3.05) is 5.32 Å². The quantitative estimate of drug-likeness (QED) is 0.333. The van der Waals surface area contributed by atoms with Crippen molar-refractivity contribution in [3.8, 4) is 23.1 Å². The first-order chi connectivity index (χ1) is 16.9. The van der Waals surface area contributed by atoms with Gasteiger partial charge in [-0.05, 0) is 81.0 Å². The molecule has 4 aromatic rings. The summed E-state index contributed by atoms with van der Waals surface area (Å²) in [7, 11) is 0. The summed E-state index contributed by atoms with van der Waals surface area (Å²) in [6, 6.07) is 19.6. The number of aromatic nitrogens is 1. The van der Waals surface area contributed by atoms with Gasteiger partial charge in [-0.25, -0.2) is 4.98 Å². The Morgan fingerprint density at radius 2 is 1.97 bits per heavy atom.